The van der Waals surface area contributed by atoms with Crippen molar-refractivity contribution in [2.24, 2.45) is 0 Å². The van der Waals surface area contributed by atoms with Gasteiger partial charge in [0.15, 0.2) is 5.78 Å². The van der Waals surface area contributed by atoms with Gasteiger partial charge < -0.3 is 4.74 Å². The van der Waals surface area contributed by atoms with Crippen molar-refractivity contribution in [2.75, 3.05) is 7.11 Å². The van der Waals surface area contributed by atoms with Gasteiger partial charge in [0.1, 0.15) is 5.75 Å². The third-order valence-electron chi connectivity index (χ3n) is 3.27. The lowest BCUT2D eigenvalue weighted by Gasteiger charge is -2.07. The van der Waals surface area contributed by atoms with Gasteiger partial charge in [0.2, 0.25) is 0 Å². The first-order chi connectivity index (χ1) is 9.63. The van der Waals surface area contributed by atoms with E-state index in [-0.39, 0.29) is 5.78 Å². The molecule has 2 aromatic carbocycles. The first kappa shape index (κ1) is 14.8. The van der Waals surface area contributed by atoms with Crippen molar-refractivity contribution in [3.8, 4) is 5.75 Å². The molecule has 2 nitrogen and oxygen atoms in total. The van der Waals surface area contributed by atoms with E-state index in [1.807, 2.05) is 24.3 Å². The Morgan fingerprint density at radius 2 is 1.75 bits per heavy atom. The van der Waals surface area contributed by atoms with Crippen LogP contribution in [0.5, 0.6) is 5.75 Å². The Labute approximate surface area is 127 Å². The van der Waals surface area contributed by atoms with Gasteiger partial charge in [0.05, 0.1) is 7.11 Å². The van der Waals surface area contributed by atoms with Crippen LogP contribution in [-0.2, 0) is 12.8 Å². The smallest absolute Gasteiger partial charge is 0.168 e. The van der Waals surface area contributed by atoms with Crippen molar-refractivity contribution in [3.05, 3.63) is 63.6 Å². The van der Waals surface area contributed by atoms with E-state index in [0.717, 1.165) is 16.5 Å². The molecule has 2 aromatic rings. The van der Waals surface area contributed by atoms with E-state index in [0.29, 0.717) is 17.7 Å². The molecule has 0 saturated carbocycles. The summed E-state index contributed by atoms with van der Waals surface area (Å²) in [6.45, 7) is 2.12. The van der Waals surface area contributed by atoms with Gasteiger partial charge in [-0.1, -0.05) is 47.1 Å². The number of rotatable bonds is 5. The molecule has 0 unspecified atom stereocenters. The number of methoxy groups -OCH3 is 1. The number of Topliss-reactive ketones (excluding diaryl/α,β-unsaturated/α-hetero) is 1. The second-order valence-corrected chi connectivity index (χ2v) is 5.47. The molecule has 104 valence electrons. The summed E-state index contributed by atoms with van der Waals surface area (Å²) >= 11 is 3.42. The maximum Gasteiger partial charge on any atom is 0.168 e. The highest BCUT2D eigenvalue weighted by molar-refractivity contribution is 9.10. The lowest BCUT2D eigenvalue weighted by molar-refractivity contribution is 0.0992. The molecule has 0 saturated heterocycles. The number of hydrogen-bond donors (Lipinski definition) is 0. The maximum atomic E-state index is 12.4. The number of ketones is 1. The van der Waals surface area contributed by atoms with E-state index in [1.54, 1.807) is 13.2 Å². The van der Waals surface area contributed by atoms with Gasteiger partial charge in [0.25, 0.3) is 0 Å². The van der Waals surface area contributed by atoms with Crippen molar-refractivity contribution in [2.45, 2.75) is 19.8 Å². The zero-order chi connectivity index (χ0) is 14.5. The molecular formula is C17H17BrO2. The average Bonchev–Trinajstić information content (AvgIpc) is 2.48. The Hall–Kier alpha value is -1.61. The molecule has 0 heterocycles. The predicted octanol–water partition coefficient (Wildman–Crippen LogP) is 4.45. The van der Waals surface area contributed by atoms with E-state index in [4.69, 9.17) is 4.74 Å². The minimum atomic E-state index is 0.0834. The summed E-state index contributed by atoms with van der Waals surface area (Å²) in [5, 5.41) is 0. The largest absolute Gasteiger partial charge is 0.497 e. The first-order valence-corrected chi connectivity index (χ1v) is 7.38. The molecule has 0 fully saturated rings. The summed E-state index contributed by atoms with van der Waals surface area (Å²) in [6.07, 6.45) is 1.41. The fraction of sp³-hybridized carbons (Fsp3) is 0.235. The Morgan fingerprint density at radius 1 is 1.10 bits per heavy atom. The van der Waals surface area contributed by atoms with Crippen molar-refractivity contribution in [3.63, 3.8) is 0 Å². The van der Waals surface area contributed by atoms with Crippen LogP contribution < -0.4 is 4.74 Å². The van der Waals surface area contributed by atoms with Crippen LogP contribution in [0.25, 0.3) is 0 Å². The van der Waals surface area contributed by atoms with Crippen molar-refractivity contribution in [1.82, 2.24) is 0 Å². The Morgan fingerprint density at radius 3 is 2.35 bits per heavy atom. The molecule has 0 N–H and O–H groups in total. The number of hydrogen-bond acceptors (Lipinski definition) is 2. The Kier molecular flexibility index (Phi) is 4.96. The highest BCUT2D eigenvalue weighted by Gasteiger charge is 2.12. The predicted molar refractivity (Wildman–Crippen MR) is 84.5 cm³/mol. The minimum Gasteiger partial charge on any atom is -0.497 e. The third-order valence-corrected chi connectivity index (χ3v) is 3.96. The Balaban J connectivity index is 2.18. The molecule has 2 rings (SSSR count). The number of carbonyl (C=O) groups excluding carboxylic acids is 1. The van der Waals surface area contributed by atoms with Crippen molar-refractivity contribution < 1.29 is 9.53 Å². The summed E-state index contributed by atoms with van der Waals surface area (Å²) in [5.74, 6) is 0.776. The van der Waals surface area contributed by atoms with E-state index in [9.17, 15) is 4.79 Å². The van der Waals surface area contributed by atoms with Crippen LogP contribution in [-0.4, -0.2) is 12.9 Å². The second-order valence-electron chi connectivity index (χ2n) is 4.62. The number of halogens is 1. The summed E-state index contributed by atoms with van der Waals surface area (Å²) < 4.78 is 5.97. The average molecular weight is 333 g/mol. The van der Waals surface area contributed by atoms with Gasteiger partial charge in [-0.15, -0.1) is 0 Å². The van der Waals surface area contributed by atoms with Gasteiger partial charge in [-0.05, 0) is 35.7 Å². The van der Waals surface area contributed by atoms with Gasteiger partial charge in [-0.3, -0.25) is 4.79 Å². The van der Waals surface area contributed by atoms with Gasteiger partial charge >= 0.3 is 0 Å². The summed E-state index contributed by atoms with van der Waals surface area (Å²) in [6, 6.07) is 13.6. The quantitative estimate of drug-likeness (QED) is 0.756. The Bertz CT molecular complexity index is 603. The number of benzene rings is 2. The summed E-state index contributed by atoms with van der Waals surface area (Å²) in [5.41, 5.74) is 2.97. The molecule has 0 aliphatic heterocycles. The van der Waals surface area contributed by atoms with Gasteiger partial charge in [0, 0.05) is 16.5 Å². The van der Waals surface area contributed by atoms with Gasteiger partial charge in [-0.2, -0.15) is 0 Å². The van der Waals surface area contributed by atoms with E-state index in [1.165, 1.54) is 5.56 Å². The topological polar surface area (TPSA) is 26.3 Å². The van der Waals surface area contributed by atoms with E-state index >= 15 is 0 Å². The summed E-state index contributed by atoms with van der Waals surface area (Å²) in [4.78, 5) is 12.4. The second kappa shape index (κ2) is 6.71. The molecule has 0 bridgehead atoms. The molecule has 0 spiro atoms. The fourth-order valence-corrected chi connectivity index (χ4v) is 2.49. The highest BCUT2D eigenvalue weighted by atomic mass is 79.9. The standard InChI is InChI=1S/C17H17BrO2/c1-3-12-4-6-13(7-5-12)10-17(19)15-11-14(20-2)8-9-16(15)18/h4-9,11H,3,10H2,1-2H3. The van der Waals surface area contributed by atoms with E-state index in [2.05, 4.69) is 35.0 Å². The molecule has 0 radical (unpaired) electrons. The number of carbonyl (C=O) groups is 1. The molecule has 0 aliphatic rings. The molecule has 0 atom stereocenters. The van der Waals surface area contributed by atoms with Crippen molar-refractivity contribution in [1.29, 1.82) is 0 Å². The monoisotopic (exact) mass is 332 g/mol. The van der Waals surface area contributed by atoms with Crippen LogP contribution in [0.4, 0.5) is 0 Å². The normalized spacial score (nSPS) is 10.3. The van der Waals surface area contributed by atoms with Crippen LogP contribution in [0.2, 0.25) is 0 Å². The lowest BCUT2D eigenvalue weighted by atomic mass is 10.0. The van der Waals surface area contributed by atoms with Crippen LogP contribution in [0, 0.1) is 0 Å². The SMILES string of the molecule is CCc1ccc(CC(=O)c2cc(OC)ccc2Br)cc1. The van der Waals surface area contributed by atoms with Gasteiger partial charge in [-0.25, -0.2) is 0 Å². The highest BCUT2D eigenvalue weighted by Crippen LogP contribution is 2.24. The summed E-state index contributed by atoms with van der Waals surface area (Å²) in [7, 11) is 1.60. The molecule has 0 aliphatic carbocycles. The van der Waals surface area contributed by atoms with Crippen LogP contribution in [0.15, 0.2) is 46.9 Å². The fourth-order valence-electron chi connectivity index (χ4n) is 2.02. The number of aryl methyl sites for hydroxylation is 1. The van der Waals surface area contributed by atoms with Crippen molar-refractivity contribution >= 4 is 21.7 Å². The van der Waals surface area contributed by atoms with Crippen LogP contribution in [0.3, 0.4) is 0 Å². The molecular weight excluding hydrogens is 316 g/mol. The molecule has 3 heteroatoms. The molecule has 0 aromatic heterocycles. The number of ether oxygens (including phenoxy) is 1. The molecule has 20 heavy (non-hydrogen) atoms. The zero-order valence-corrected chi connectivity index (χ0v) is 13.2. The van der Waals surface area contributed by atoms with Crippen LogP contribution in [0.1, 0.15) is 28.4 Å². The first-order valence-electron chi connectivity index (χ1n) is 6.58. The third kappa shape index (κ3) is 3.48. The van der Waals surface area contributed by atoms with Crippen LogP contribution >= 0.6 is 15.9 Å². The molecule has 0 amide bonds. The lowest BCUT2D eigenvalue weighted by Crippen LogP contribution is -2.05. The minimum absolute atomic E-state index is 0.0834. The van der Waals surface area contributed by atoms with E-state index < -0.39 is 0 Å². The zero-order valence-electron chi connectivity index (χ0n) is 11.7. The maximum absolute atomic E-state index is 12.4.